The number of aromatic hydroxyl groups is 1. The van der Waals surface area contributed by atoms with Gasteiger partial charge in [-0.2, -0.15) is 14.9 Å². The van der Waals surface area contributed by atoms with Crippen molar-refractivity contribution in [2.24, 2.45) is 5.10 Å². The average Bonchev–Trinajstić information content (AvgIpc) is 3.04. The van der Waals surface area contributed by atoms with Crippen molar-refractivity contribution in [3.05, 3.63) is 52.8 Å². The van der Waals surface area contributed by atoms with Gasteiger partial charge in [-0.25, -0.2) is 5.10 Å². The molecule has 0 spiro atoms. The van der Waals surface area contributed by atoms with Crippen molar-refractivity contribution in [3.63, 3.8) is 0 Å². The van der Waals surface area contributed by atoms with Gasteiger partial charge in [-0.1, -0.05) is 0 Å². The van der Waals surface area contributed by atoms with Crippen molar-refractivity contribution in [3.8, 4) is 28.6 Å². The molecule has 140 valence electrons. The first-order valence-electron chi connectivity index (χ1n) is 8.53. The SMILES string of the molecule is CCOc1ccc(-c2n[nH]c(=S)n2N=Cc2ccc(O)c(OCC)c2)cc1. The Morgan fingerprint density at radius 2 is 1.89 bits per heavy atom. The molecule has 0 unspecified atom stereocenters. The number of nitrogens with zero attached hydrogens (tertiary/aromatic N) is 3. The van der Waals surface area contributed by atoms with E-state index in [1.54, 1.807) is 24.4 Å². The van der Waals surface area contributed by atoms with Crippen LogP contribution in [0.25, 0.3) is 11.4 Å². The Morgan fingerprint density at radius 1 is 1.15 bits per heavy atom. The smallest absolute Gasteiger partial charge is 0.216 e. The van der Waals surface area contributed by atoms with Gasteiger partial charge in [0.15, 0.2) is 17.3 Å². The topological polar surface area (TPSA) is 84.7 Å². The van der Waals surface area contributed by atoms with Crippen LogP contribution in [0.2, 0.25) is 0 Å². The standard InChI is InChI=1S/C19H20N4O3S/c1-3-25-15-8-6-14(7-9-15)18-21-22-19(27)23(18)20-12-13-5-10-16(24)17(11-13)26-4-2/h5-12,24H,3-4H2,1-2H3,(H,22,27). The number of hydrogen-bond donors (Lipinski definition) is 2. The van der Waals surface area contributed by atoms with E-state index in [9.17, 15) is 5.11 Å². The third kappa shape index (κ3) is 4.35. The Bertz CT molecular complexity index is 993. The minimum Gasteiger partial charge on any atom is -0.504 e. The van der Waals surface area contributed by atoms with Crippen molar-refractivity contribution in [2.45, 2.75) is 13.8 Å². The number of H-pyrrole nitrogens is 1. The Labute approximate surface area is 161 Å². The molecule has 0 fully saturated rings. The summed E-state index contributed by atoms with van der Waals surface area (Å²) >= 11 is 5.29. The number of benzene rings is 2. The van der Waals surface area contributed by atoms with E-state index in [-0.39, 0.29) is 5.75 Å². The molecule has 0 saturated heterocycles. The van der Waals surface area contributed by atoms with Gasteiger partial charge in [-0.05, 0) is 74.1 Å². The van der Waals surface area contributed by atoms with Crippen molar-refractivity contribution >= 4 is 18.4 Å². The van der Waals surface area contributed by atoms with Crippen LogP contribution in [0.3, 0.4) is 0 Å². The first-order chi connectivity index (χ1) is 13.1. The maximum absolute atomic E-state index is 9.80. The Morgan fingerprint density at radius 3 is 2.59 bits per heavy atom. The largest absolute Gasteiger partial charge is 0.504 e. The van der Waals surface area contributed by atoms with E-state index in [0.717, 1.165) is 16.9 Å². The minimum absolute atomic E-state index is 0.0870. The Hall–Kier alpha value is -3.13. The summed E-state index contributed by atoms with van der Waals surface area (Å²) in [6.45, 7) is 4.86. The Balaban J connectivity index is 1.90. The molecule has 7 nitrogen and oxygen atoms in total. The van der Waals surface area contributed by atoms with E-state index in [0.29, 0.717) is 29.6 Å². The van der Waals surface area contributed by atoms with Gasteiger partial charge < -0.3 is 14.6 Å². The van der Waals surface area contributed by atoms with Gasteiger partial charge in [-0.15, -0.1) is 0 Å². The molecule has 0 radical (unpaired) electrons. The summed E-state index contributed by atoms with van der Waals surface area (Å²) in [6, 6.07) is 12.6. The summed E-state index contributed by atoms with van der Waals surface area (Å²) in [5, 5.41) is 21.2. The second kappa shape index (κ2) is 8.50. The third-order valence-electron chi connectivity index (χ3n) is 3.68. The van der Waals surface area contributed by atoms with Crippen molar-refractivity contribution in [2.75, 3.05) is 13.2 Å². The van der Waals surface area contributed by atoms with Gasteiger partial charge in [0.25, 0.3) is 0 Å². The predicted molar refractivity (Wildman–Crippen MR) is 106 cm³/mol. The Kier molecular flexibility index (Phi) is 5.87. The maximum Gasteiger partial charge on any atom is 0.216 e. The molecule has 2 N–H and O–H groups in total. The number of nitrogens with one attached hydrogen (secondary N) is 1. The third-order valence-corrected chi connectivity index (χ3v) is 3.94. The number of phenols is 1. The average molecular weight is 384 g/mol. The lowest BCUT2D eigenvalue weighted by molar-refractivity contribution is 0.318. The summed E-state index contributed by atoms with van der Waals surface area (Å²) < 4.78 is 12.8. The van der Waals surface area contributed by atoms with Crippen molar-refractivity contribution in [1.82, 2.24) is 14.9 Å². The van der Waals surface area contributed by atoms with E-state index in [2.05, 4.69) is 15.3 Å². The molecule has 8 heteroatoms. The molecule has 0 bridgehead atoms. The molecule has 0 atom stereocenters. The molecule has 0 saturated carbocycles. The van der Waals surface area contributed by atoms with Gasteiger partial charge in [0.2, 0.25) is 4.77 Å². The van der Waals surface area contributed by atoms with E-state index in [1.807, 2.05) is 38.1 Å². The molecule has 0 aliphatic heterocycles. The molecule has 3 rings (SSSR count). The van der Waals surface area contributed by atoms with Gasteiger partial charge >= 0.3 is 0 Å². The second-order valence-electron chi connectivity index (χ2n) is 5.53. The first-order valence-corrected chi connectivity index (χ1v) is 8.94. The molecule has 0 aliphatic carbocycles. The number of aromatic nitrogens is 3. The highest BCUT2D eigenvalue weighted by Gasteiger charge is 2.09. The number of hydrogen-bond acceptors (Lipinski definition) is 6. The lowest BCUT2D eigenvalue weighted by Gasteiger charge is -2.06. The summed E-state index contributed by atoms with van der Waals surface area (Å²) in [5.41, 5.74) is 1.61. The molecule has 1 aromatic heterocycles. The van der Waals surface area contributed by atoms with Crippen LogP contribution in [0.4, 0.5) is 0 Å². The summed E-state index contributed by atoms with van der Waals surface area (Å²) in [6.07, 6.45) is 1.63. The van der Waals surface area contributed by atoms with Gasteiger partial charge in [0, 0.05) is 5.56 Å². The summed E-state index contributed by atoms with van der Waals surface area (Å²) in [4.78, 5) is 0. The van der Waals surface area contributed by atoms with Gasteiger partial charge in [0.1, 0.15) is 5.75 Å². The van der Waals surface area contributed by atoms with E-state index in [4.69, 9.17) is 21.7 Å². The molecule has 0 amide bonds. The van der Waals surface area contributed by atoms with Crippen LogP contribution in [0.15, 0.2) is 47.6 Å². The highest BCUT2D eigenvalue weighted by molar-refractivity contribution is 7.71. The van der Waals surface area contributed by atoms with Crippen LogP contribution in [-0.4, -0.2) is 39.4 Å². The van der Waals surface area contributed by atoms with E-state index in [1.165, 1.54) is 4.68 Å². The fourth-order valence-corrected chi connectivity index (χ4v) is 2.64. The lowest BCUT2D eigenvalue weighted by atomic mass is 10.2. The monoisotopic (exact) mass is 384 g/mol. The molecule has 1 heterocycles. The first kappa shape index (κ1) is 18.7. The van der Waals surface area contributed by atoms with Crippen LogP contribution in [0, 0.1) is 4.77 Å². The zero-order chi connectivity index (χ0) is 19.2. The molecule has 2 aromatic carbocycles. The molecule has 3 aromatic rings. The normalized spacial score (nSPS) is 11.0. The minimum atomic E-state index is 0.0870. The molecular formula is C19H20N4O3S. The molecule has 0 aliphatic rings. The fourth-order valence-electron chi connectivity index (χ4n) is 2.46. The summed E-state index contributed by atoms with van der Waals surface area (Å²) in [7, 11) is 0. The maximum atomic E-state index is 9.80. The van der Waals surface area contributed by atoms with Crippen LogP contribution >= 0.6 is 12.2 Å². The van der Waals surface area contributed by atoms with Crippen LogP contribution in [0.1, 0.15) is 19.4 Å². The predicted octanol–water partition coefficient (Wildman–Crippen LogP) is 3.99. The molecular weight excluding hydrogens is 364 g/mol. The number of ether oxygens (including phenoxy) is 2. The van der Waals surface area contributed by atoms with Crippen molar-refractivity contribution < 1.29 is 14.6 Å². The van der Waals surface area contributed by atoms with Crippen LogP contribution in [0.5, 0.6) is 17.2 Å². The van der Waals surface area contributed by atoms with Gasteiger partial charge in [-0.3, -0.25) is 0 Å². The highest BCUT2D eigenvalue weighted by atomic mass is 32.1. The van der Waals surface area contributed by atoms with Crippen LogP contribution < -0.4 is 9.47 Å². The number of rotatable bonds is 7. The second-order valence-corrected chi connectivity index (χ2v) is 5.91. The van der Waals surface area contributed by atoms with Gasteiger partial charge in [0.05, 0.1) is 19.4 Å². The van der Waals surface area contributed by atoms with E-state index >= 15 is 0 Å². The quantitative estimate of drug-likeness (QED) is 0.475. The lowest BCUT2D eigenvalue weighted by Crippen LogP contribution is -1.97. The zero-order valence-corrected chi connectivity index (χ0v) is 15.9. The number of phenolic OH excluding ortho intramolecular Hbond substituents is 1. The van der Waals surface area contributed by atoms with Crippen molar-refractivity contribution in [1.29, 1.82) is 0 Å². The fraction of sp³-hybridized carbons (Fsp3) is 0.211. The zero-order valence-electron chi connectivity index (χ0n) is 15.0. The van der Waals surface area contributed by atoms with Crippen LogP contribution in [-0.2, 0) is 0 Å². The molecule has 27 heavy (non-hydrogen) atoms. The number of aromatic amines is 1. The summed E-state index contributed by atoms with van der Waals surface area (Å²) in [5.74, 6) is 1.87. The van der Waals surface area contributed by atoms with E-state index < -0.39 is 0 Å². The highest BCUT2D eigenvalue weighted by Crippen LogP contribution is 2.26.